The first-order valence-corrected chi connectivity index (χ1v) is 5.96. The second kappa shape index (κ2) is 5.05. The van der Waals surface area contributed by atoms with E-state index in [4.69, 9.17) is 5.73 Å². The summed E-state index contributed by atoms with van der Waals surface area (Å²) in [7, 11) is 0. The molecule has 0 aromatic carbocycles. The molecule has 0 bridgehead atoms. The van der Waals surface area contributed by atoms with E-state index in [1.54, 1.807) is 28.4 Å². The minimum absolute atomic E-state index is 0.0448. The molecule has 0 aliphatic carbocycles. The number of aromatic nitrogens is 2. The van der Waals surface area contributed by atoms with Gasteiger partial charge in [0.25, 0.3) is 0 Å². The molecular weight excluding hydrogens is 222 g/mol. The third kappa shape index (κ3) is 2.37. The summed E-state index contributed by atoms with van der Waals surface area (Å²) in [5.41, 5.74) is 6.35. The van der Waals surface area contributed by atoms with Crippen LogP contribution in [0.4, 0.5) is 0 Å². The van der Waals surface area contributed by atoms with Gasteiger partial charge in [0.2, 0.25) is 5.91 Å². The molecule has 0 saturated heterocycles. The fourth-order valence-electron chi connectivity index (χ4n) is 1.53. The smallest absolute Gasteiger partial charge is 0.237 e. The van der Waals surface area contributed by atoms with Crippen molar-refractivity contribution in [1.29, 1.82) is 0 Å². The lowest BCUT2D eigenvalue weighted by atomic mass is 10.3. The van der Waals surface area contributed by atoms with Crippen LogP contribution in [0.3, 0.4) is 0 Å². The zero-order chi connectivity index (χ0) is 11.4. The molecule has 2 heterocycles. The van der Waals surface area contributed by atoms with Gasteiger partial charge < -0.3 is 5.73 Å². The molecule has 0 saturated carbocycles. The molecule has 0 spiro atoms. The Balaban J connectivity index is 2.11. The lowest BCUT2D eigenvalue weighted by Gasteiger charge is -2.04. The molecule has 0 atom stereocenters. The number of nitrogens with two attached hydrogens (primary N) is 1. The number of hydrogen-bond donors (Lipinski definition) is 1. The van der Waals surface area contributed by atoms with E-state index in [1.807, 2.05) is 17.5 Å². The SMILES string of the molecule is NCCc1cncn1C(=O)Cc1cccs1. The van der Waals surface area contributed by atoms with Crippen LogP contribution in [0.25, 0.3) is 0 Å². The molecule has 0 radical (unpaired) electrons. The van der Waals surface area contributed by atoms with E-state index in [2.05, 4.69) is 4.98 Å². The third-order valence-corrected chi connectivity index (χ3v) is 3.17. The Hall–Kier alpha value is -1.46. The van der Waals surface area contributed by atoms with Crippen molar-refractivity contribution < 1.29 is 4.79 Å². The molecule has 4 nitrogen and oxygen atoms in total. The lowest BCUT2D eigenvalue weighted by Crippen LogP contribution is -2.16. The zero-order valence-electron chi connectivity index (χ0n) is 8.80. The number of rotatable bonds is 4. The number of carbonyl (C=O) groups is 1. The molecule has 16 heavy (non-hydrogen) atoms. The highest BCUT2D eigenvalue weighted by atomic mass is 32.1. The highest BCUT2D eigenvalue weighted by molar-refractivity contribution is 7.10. The Morgan fingerprint density at radius 1 is 1.56 bits per heavy atom. The first-order valence-electron chi connectivity index (χ1n) is 5.08. The topological polar surface area (TPSA) is 60.9 Å². The van der Waals surface area contributed by atoms with Crippen molar-refractivity contribution in [1.82, 2.24) is 9.55 Å². The Morgan fingerprint density at radius 3 is 3.12 bits per heavy atom. The van der Waals surface area contributed by atoms with Gasteiger partial charge in [-0.1, -0.05) is 6.07 Å². The van der Waals surface area contributed by atoms with Gasteiger partial charge in [-0.15, -0.1) is 11.3 Å². The van der Waals surface area contributed by atoms with Crippen LogP contribution < -0.4 is 5.73 Å². The van der Waals surface area contributed by atoms with Crippen LogP contribution in [0.1, 0.15) is 15.4 Å². The van der Waals surface area contributed by atoms with Crippen molar-refractivity contribution in [3.05, 3.63) is 40.6 Å². The summed E-state index contributed by atoms with van der Waals surface area (Å²) < 4.78 is 1.59. The predicted octanol–water partition coefficient (Wildman–Crippen LogP) is 1.33. The van der Waals surface area contributed by atoms with Crippen molar-refractivity contribution in [2.75, 3.05) is 6.54 Å². The molecule has 0 amide bonds. The lowest BCUT2D eigenvalue weighted by molar-refractivity contribution is 0.0912. The van der Waals surface area contributed by atoms with Gasteiger partial charge in [-0.2, -0.15) is 0 Å². The fraction of sp³-hybridized carbons (Fsp3) is 0.273. The Kier molecular flexibility index (Phi) is 3.48. The van der Waals surface area contributed by atoms with E-state index in [9.17, 15) is 4.79 Å². The van der Waals surface area contributed by atoms with E-state index in [0.717, 1.165) is 10.6 Å². The molecular formula is C11H13N3OS. The van der Waals surface area contributed by atoms with Gasteiger partial charge in [-0.25, -0.2) is 4.98 Å². The molecule has 0 fully saturated rings. The molecule has 0 aliphatic rings. The van der Waals surface area contributed by atoms with E-state index in [1.165, 1.54) is 0 Å². The summed E-state index contributed by atoms with van der Waals surface area (Å²) >= 11 is 1.59. The average molecular weight is 235 g/mol. The van der Waals surface area contributed by atoms with Crippen LogP contribution in [0.15, 0.2) is 30.0 Å². The number of hydrogen-bond acceptors (Lipinski definition) is 4. The monoisotopic (exact) mass is 235 g/mol. The first-order chi connectivity index (χ1) is 7.81. The minimum atomic E-state index is 0.0448. The van der Waals surface area contributed by atoms with E-state index < -0.39 is 0 Å². The molecule has 84 valence electrons. The Morgan fingerprint density at radius 2 is 2.44 bits per heavy atom. The molecule has 0 aliphatic heterocycles. The van der Waals surface area contributed by atoms with Crippen molar-refractivity contribution >= 4 is 17.2 Å². The zero-order valence-corrected chi connectivity index (χ0v) is 9.61. The van der Waals surface area contributed by atoms with Gasteiger partial charge in [0.15, 0.2) is 0 Å². The molecule has 5 heteroatoms. The maximum absolute atomic E-state index is 12.0. The van der Waals surface area contributed by atoms with Crippen LogP contribution in [0.2, 0.25) is 0 Å². The van der Waals surface area contributed by atoms with Crippen molar-refractivity contribution in [2.24, 2.45) is 5.73 Å². The largest absolute Gasteiger partial charge is 0.330 e. The van der Waals surface area contributed by atoms with Gasteiger partial charge >= 0.3 is 0 Å². The van der Waals surface area contributed by atoms with E-state index in [-0.39, 0.29) is 5.91 Å². The van der Waals surface area contributed by atoms with E-state index in [0.29, 0.717) is 19.4 Å². The van der Waals surface area contributed by atoms with Gasteiger partial charge in [-0.3, -0.25) is 9.36 Å². The van der Waals surface area contributed by atoms with Gasteiger partial charge in [0.1, 0.15) is 6.33 Å². The molecule has 0 unspecified atom stereocenters. The van der Waals surface area contributed by atoms with Crippen molar-refractivity contribution in [3.63, 3.8) is 0 Å². The predicted molar refractivity (Wildman–Crippen MR) is 63.6 cm³/mol. The van der Waals surface area contributed by atoms with Crippen LogP contribution in [0.5, 0.6) is 0 Å². The van der Waals surface area contributed by atoms with Crippen molar-refractivity contribution in [3.8, 4) is 0 Å². The first kappa shape index (κ1) is 11.0. The van der Waals surface area contributed by atoms with Crippen LogP contribution in [-0.4, -0.2) is 22.0 Å². The maximum atomic E-state index is 12.0. The summed E-state index contributed by atoms with van der Waals surface area (Å²) in [6.07, 6.45) is 4.35. The average Bonchev–Trinajstić information content (AvgIpc) is 2.89. The van der Waals surface area contributed by atoms with Gasteiger partial charge in [-0.05, 0) is 18.0 Å². The molecule has 2 N–H and O–H groups in total. The van der Waals surface area contributed by atoms with Gasteiger partial charge in [0, 0.05) is 23.2 Å². The fourth-order valence-corrected chi connectivity index (χ4v) is 2.22. The van der Waals surface area contributed by atoms with Crippen LogP contribution in [-0.2, 0) is 12.8 Å². The minimum Gasteiger partial charge on any atom is -0.330 e. The number of carbonyl (C=O) groups excluding carboxylic acids is 1. The van der Waals surface area contributed by atoms with Crippen LogP contribution in [0, 0.1) is 0 Å². The molecule has 2 aromatic rings. The quantitative estimate of drug-likeness (QED) is 0.869. The number of imidazole rings is 1. The second-order valence-corrected chi connectivity index (χ2v) is 4.48. The standard InChI is InChI=1S/C11H13N3OS/c12-4-3-9-7-13-8-14(9)11(15)6-10-2-1-5-16-10/h1-2,5,7-8H,3-4,6,12H2. The van der Waals surface area contributed by atoms with Crippen LogP contribution >= 0.6 is 11.3 Å². The van der Waals surface area contributed by atoms with Crippen molar-refractivity contribution in [2.45, 2.75) is 12.8 Å². The summed E-state index contributed by atoms with van der Waals surface area (Å²) in [6.45, 7) is 0.526. The number of nitrogens with zero attached hydrogens (tertiary/aromatic N) is 2. The summed E-state index contributed by atoms with van der Waals surface area (Å²) in [6, 6.07) is 3.91. The second-order valence-electron chi connectivity index (χ2n) is 3.44. The molecule has 2 rings (SSSR count). The third-order valence-electron chi connectivity index (χ3n) is 2.29. The summed E-state index contributed by atoms with van der Waals surface area (Å²) in [5.74, 6) is 0.0448. The Bertz CT molecular complexity index is 461. The Labute approximate surface area is 97.7 Å². The summed E-state index contributed by atoms with van der Waals surface area (Å²) in [4.78, 5) is 17.0. The highest BCUT2D eigenvalue weighted by Gasteiger charge is 2.10. The highest BCUT2D eigenvalue weighted by Crippen LogP contribution is 2.11. The molecule has 2 aromatic heterocycles. The normalized spacial score (nSPS) is 10.6. The summed E-state index contributed by atoms with van der Waals surface area (Å²) in [5, 5.41) is 1.97. The maximum Gasteiger partial charge on any atom is 0.237 e. The van der Waals surface area contributed by atoms with Gasteiger partial charge in [0.05, 0.1) is 6.42 Å². The number of thiophene rings is 1. The van der Waals surface area contributed by atoms with E-state index >= 15 is 0 Å².